The number of hydrogen-bond donors (Lipinski definition) is 1. The molecule has 1 N–H and O–H groups in total. The number of hydrogen-bond acceptors (Lipinski definition) is 4. The molecule has 6 heteroatoms. The Morgan fingerprint density at radius 2 is 1.78 bits per heavy atom. The fourth-order valence-corrected chi connectivity index (χ4v) is 3.20. The van der Waals surface area contributed by atoms with Gasteiger partial charge in [-0.25, -0.2) is 0 Å². The third kappa shape index (κ3) is 3.74. The summed E-state index contributed by atoms with van der Waals surface area (Å²) in [6.45, 7) is 0.716. The van der Waals surface area contributed by atoms with Crippen molar-refractivity contribution in [2.45, 2.75) is 31.5 Å². The van der Waals surface area contributed by atoms with Gasteiger partial charge in [0.15, 0.2) is 11.5 Å². The summed E-state index contributed by atoms with van der Waals surface area (Å²) in [7, 11) is 1.61. The molecule has 140 valence electrons. The molecule has 0 spiro atoms. The van der Waals surface area contributed by atoms with Crippen molar-refractivity contribution in [3.8, 4) is 11.5 Å². The van der Waals surface area contributed by atoms with Crippen LogP contribution < -0.4 is 14.8 Å². The predicted molar refractivity (Wildman–Crippen MR) is 99.8 cm³/mol. The van der Waals surface area contributed by atoms with Gasteiger partial charge in [0.25, 0.3) is 11.8 Å². The predicted octanol–water partition coefficient (Wildman–Crippen LogP) is 2.38. The van der Waals surface area contributed by atoms with E-state index in [9.17, 15) is 9.59 Å². The van der Waals surface area contributed by atoms with Gasteiger partial charge >= 0.3 is 0 Å². The third-order valence-corrected chi connectivity index (χ3v) is 4.85. The van der Waals surface area contributed by atoms with E-state index < -0.39 is 6.10 Å². The van der Waals surface area contributed by atoms with E-state index in [0.29, 0.717) is 23.6 Å². The molecule has 1 atom stereocenters. The number of benzene rings is 2. The van der Waals surface area contributed by atoms with E-state index in [1.165, 1.54) is 0 Å². The fourth-order valence-electron chi connectivity index (χ4n) is 3.20. The van der Waals surface area contributed by atoms with Crippen molar-refractivity contribution in [2.75, 3.05) is 13.7 Å². The molecule has 2 aromatic carbocycles. The van der Waals surface area contributed by atoms with Crippen LogP contribution in [-0.2, 0) is 11.3 Å². The van der Waals surface area contributed by atoms with Crippen LogP contribution in [0.1, 0.15) is 28.8 Å². The number of para-hydroxylation sites is 2. The third-order valence-electron chi connectivity index (χ3n) is 4.85. The number of ether oxygens (including phenoxy) is 2. The highest BCUT2D eigenvalue weighted by atomic mass is 16.6. The number of carbonyl (C=O) groups is 2. The van der Waals surface area contributed by atoms with Crippen molar-refractivity contribution >= 4 is 11.8 Å². The minimum absolute atomic E-state index is 0.0534. The van der Waals surface area contributed by atoms with E-state index in [0.717, 1.165) is 18.4 Å². The molecular formula is C21H22N2O4. The van der Waals surface area contributed by atoms with Crippen LogP contribution in [0.3, 0.4) is 0 Å². The van der Waals surface area contributed by atoms with Gasteiger partial charge in [0.1, 0.15) is 6.61 Å². The molecule has 1 aliphatic carbocycles. The first-order chi connectivity index (χ1) is 13.2. The number of carbonyl (C=O) groups excluding carboxylic acids is 2. The largest absolute Gasteiger partial charge is 0.485 e. The molecule has 2 aromatic rings. The van der Waals surface area contributed by atoms with Gasteiger partial charge in [0.2, 0.25) is 6.10 Å². The van der Waals surface area contributed by atoms with Gasteiger partial charge in [-0.05, 0) is 42.7 Å². The van der Waals surface area contributed by atoms with Crippen molar-refractivity contribution < 1.29 is 19.1 Å². The lowest BCUT2D eigenvalue weighted by Crippen LogP contribution is -2.47. The SMILES string of the molecule is CNC(=O)c1ccc(CN(C(=O)[C@@H]2COc3ccccc3O2)C2CC2)cc1. The molecule has 6 nitrogen and oxygen atoms in total. The van der Waals surface area contributed by atoms with Crippen LogP contribution >= 0.6 is 0 Å². The maximum Gasteiger partial charge on any atom is 0.267 e. The summed E-state index contributed by atoms with van der Waals surface area (Å²) in [6, 6.07) is 15.0. The van der Waals surface area contributed by atoms with Gasteiger partial charge in [0, 0.05) is 25.2 Å². The van der Waals surface area contributed by atoms with Crippen molar-refractivity contribution in [3.63, 3.8) is 0 Å². The summed E-state index contributed by atoms with van der Waals surface area (Å²) < 4.78 is 11.6. The molecule has 0 bridgehead atoms. The topological polar surface area (TPSA) is 67.9 Å². The van der Waals surface area contributed by atoms with Gasteiger partial charge in [-0.2, -0.15) is 0 Å². The van der Waals surface area contributed by atoms with Crippen LogP contribution in [-0.4, -0.2) is 42.5 Å². The highest BCUT2D eigenvalue weighted by Gasteiger charge is 2.38. The number of fused-ring (bicyclic) bond motifs is 1. The van der Waals surface area contributed by atoms with Crippen LogP contribution in [0.25, 0.3) is 0 Å². The zero-order chi connectivity index (χ0) is 18.8. The smallest absolute Gasteiger partial charge is 0.267 e. The van der Waals surface area contributed by atoms with E-state index in [1.807, 2.05) is 41.3 Å². The molecule has 0 aromatic heterocycles. The van der Waals surface area contributed by atoms with Gasteiger partial charge in [-0.1, -0.05) is 24.3 Å². The van der Waals surface area contributed by atoms with E-state index in [4.69, 9.17) is 9.47 Å². The second-order valence-corrected chi connectivity index (χ2v) is 6.84. The first-order valence-corrected chi connectivity index (χ1v) is 9.15. The Morgan fingerprint density at radius 3 is 2.44 bits per heavy atom. The Labute approximate surface area is 158 Å². The number of rotatable bonds is 5. The zero-order valence-corrected chi connectivity index (χ0v) is 15.2. The van der Waals surface area contributed by atoms with E-state index >= 15 is 0 Å². The van der Waals surface area contributed by atoms with E-state index in [-0.39, 0.29) is 24.5 Å². The Kier molecular flexibility index (Phi) is 4.71. The Balaban J connectivity index is 1.47. The maximum atomic E-state index is 13.1. The summed E-state index contributed by atoms with van der Waals surface area (Å²) in [5.74, 6) is 1.10. The van der Waals surface area contributed by atoms with Gasteiger partial charge in [0.05, 0.1) is 0 Å². The molecular weight excluding hydrogens is 344 g/mol. The summed E-state index contributed by atoms with van der Waals surface area (Å²) in [5, 5.41) is 2.61. The number of amides is 2. The van der Waals surface area contributed by atoms with Crippen LogP contribution in [0.2, 0.25) is 0 Å². The van der Waals surface area contributed by atoms with Crippen molar-refractivity contribution in [3.05, 3.63) is 59.7 Å². The van der Waals surface area contributed by atoms with Crippen LogP contribution in [0.4, 0.5) is 0 Å². The molecule has 1 saturated carbocycles. The lowest BCUT2D eigenvalue weighted by Gasteiger charge is -2.31. The van der Waals surface area contributed by atoms with Crippen molar-refractivity contribution in [1.29, 1.82) is 0 Å². The van der Waals surface area contributed by atoms with Gasteiger partial charge in [-0.15, -0.1) is 0 Å². The van der Waals surface area contributed by atoms with Crippen LogP contribution in [0.15, 0.2) is 48.5 Å². The molecule has 4 rings (SSSR count). The van der Waals surface area contributed by atoms with Gasteiger partial charge < -0.3 is 19.7 Å². The summed E-state index contributed by atoms with van der Waals surface area (Å²) in [5.41, 5.74) is 1.59. The van der Waals surface area contributed by atoms with Crippen LogP contribution in [0.5, 0.6) is 11.5 Å². The monoisotopic (exact) mass is 366 g/mol. The standard InChI is InChI=1S/C21H22N2O4/c1-22-20(24)15-8-6-14(7-9-15)12-23(16-10-11-16)21(25)19-13-26-17-4-2-3-5-18(17)27-19/h2-9,16,19H,10-13H2,1H3,(H,22,24)/t19-/m0/s1. The molecule has 1 aliphatic heterocycles. The zero-order valence-electron chi connectivity index (χ0n) is 15.2. The van der Waals surface area contributed by atoms with Crippen LogP contribution in [0, 0.1) is 0 Å². The fraction of sp³-hybridized carbons (Fsp3) is 0.333. The van der Waals surface area contributed by atoms with Crippen molar-refractivity contribution in [2.24, 2.45) is 0 Å². The van der Waals surface area contributed by atoms with E-state index in [2.05, 4.69) is 5.32 Å². The number of nitrogens with zero attached hydrogens (tertiary/aromatic N) is 1. The first kappa shape index (κ1) is 17.4. The summed E-state index contributed by atoms with van der Waals surface area (Å²) >= 11 is 0. The molecule has 27 heavy (non-hydrogen) atoms. The average molecular weight is 366 g/mol. The second-order valence-electron chi connectivity index (χ2n) is 6.84. The normalized spacial score (nSPS) is 17.9. The van der Waals surface area contributed by atoms with E-state index in [1.54, 1.807) is 19.2 Å². The second kappa shape index (κ2) is 7.31. The lowest BCUT2D eigenvalue weighted by molar-refractivity contribution is -0.142. The number of nitrogens with one attached hydrogen (secondary N) is 1. The van der Waals surface area contributed by atoms with Crippen molar-refractivity contribution in [1.82, 2.24) is 10.2 Å². The Morgan fingerprint density at radius 1 is 1.07 bits per heavy atom. The Hall–Kier alpha value is -3.02. The van der Waals surface area contributed by atoms with Gasteiger partial charge in [-0.3, -0.25) is 9.59 Å². The maximum absolute atomic E-state index is 13.1. The molecule has 1 heterocycles. The molecule has 0 unspecified atom stereocenters. The minimum Gasteiger partial charge on any atom is -0.485 e. The molecule has 1 fully saturated rings. The lowest BCUT2D eigenvalue weighted by atomic mass is 10.1. The quantitative estimate of drug-likeness (QED) is 0.882. The molecule has 0 radical (unpaired) electrons. The highest BCUT2D eigenvalue weighted by Crippen LogP contribution is 2.34. The Bertz CT molecular complexity index is 846. The molecule has 0 saturated heterocycles. The molecule has 2 aliphatic rings. The average Bonchev–Trinajstić information content (AvgIpc) is 3.56. The minimum atomic E-state index is -0.634. The highest BCUT2D eigenvalue weighted by molar-refractivity contribution is 5.94. The molecule has 2 amide bonds. The summed E-state index contributed by atoms with van der Waals surface area (Å²) in [6.07, 6.45) is 1.38. The first-order valence-electron chi connectivity index (χ1n) is 9.15. The summed E-state index contributed by atoms with van der Waals surface area (Å²) in [4.78, 5) is 26.6.